The Bertz CT molecular complexity index is 1320. The molecule has 2 aliphatic heterocycles. The number of piperidine rings is 1. The first kappa shape index (κ1) is 34.9. The predicted octanol–water partition coefficient (Wildman–Crippen LogP) is 9.42. The third-order valence-corrected chi connectivity index (χ3v) is 9.30. The zero-order valence-electron chi connectivity index (χ0n) is 28.1. The predicted molar refractivity (Wildman–Crippen MR) is 187 cm³/mol. The van der Waals surface area contributed by atoms with Crippen LogP contribution in [0.1, 0.15) is 87.8 Å². The molecular weight excluding hydrogens is 586 g/mol. The van der Waals surface area contributed by atoms with E-state index in [0.717, 1.165) is 36.0 Å². The van der Waals surface area contributed by atoms with Crippen LogP contribution in [0.15, 0.2) is 103 Å². The van der Waals surface area contributed by atoms with E-state index < -0.39 is 0 Å². The Morgan fingerprint density at radius 2 is 1.32 bits per heavy atom. The molecular formula is C41H53NO5. The van der Waals surface area contributed by atoms with Gasteiger partial charge in [-0.15, -0.1) is 0 Å². The van der Waals surface area contributed by atoms with Gasteiger partial charge in [-0.1, -0.05) is 142 Å². The summed E-state index contributed by atoms with van der Waals surface area (Å²) in [6, 6.07) is 30.2. The van der Waals surface area contributed by atoms with E-state index in [2.05, 4.69) is 55.5 Å². The molecule has 0 unspecified atom stereocenters. The maximum Gasteiger partial charge on any atom is 0.410 e. The number of amides is 1. The van der Waals surface area contributed by atoms with E-state index in [1.807, 2.05) is 59.5 Å². The van der Waals surface area contributed by atoms with Crippen LogP contribution in [0.4, 0.5) is 4.79 Å². The number of ether oxygens (including phenoxy) is 4. The van der Waals surface area contributed by atoms with Crippen molar-refractivity contribution < 1.29 is 23.7 Å². The SMILES string of the molecule is CCCCCCCC/C=C/C[C@@H]1C[C@@H]2C[C@@H](OCc3ccccc3)[C@H](OCc3ccccc3)[C@H](COCc3ccccc3)N2C(=O)O1. The van der Waals surface area contributed by atoms with Crippen molar-refractivity contribution in [3.63, 3.8) is 0 Å². The van der Waals surface area contributed by atoms with E-state index in [1.54, 1.807) is 0 Å². The maximum absolute atomic E-state index is 13.8. The number of fused-ring (bicyclic) bond motifs is 1. The number of nitrogens with zero attached hydrogens (tertiary/aromatic N) is 1. The summed E-state index contributed by atoms with van der Waals surface area (Å²) in [4.78, 5) is 15.7. The van der Waals surface area contributed by atoms with Gasteiger partial charge in [0, 0.05) is 18.9 Å². The number of hydrogen-bond acceptors (Lipinski definition) is 5. The van der Waals surface area contributed by atoms with E-state index in [1.165, 1.54) is 38.5 Å². The first-order chi connectivity index (χ1) is 23.2. The average molecular weight is 640 g/mol. The first-order valence-electron chi connectivity index (χ1n) is 17.8. The molecule has 1 amide bonds. The fourth-order valence-electron chi connectivity index (χ4n) is 6.77. The highest BCUT2D eigenvalue weighted by Gasteiger charge is 2.50. The summed E-state index contributed by atoms with van der Waals surface area (Å²) < 4.78 is 25.7. The van der Waals surface area contributed by atoms with Gasteiger partial charge in [-0.05, 0) is 36.0 Å². The Labute approximate surface area is 282 Å². The summed E-state index contributed by atoms with van der Waals surface area (Å²) >= 11 is 0. The smallest absolute Gasteiger partial charge is 0.410 e. The summed E-state index contributed by atoms with van der Waals surface area (Å²) in [7, 11) is 0. The summed E-state index contributed by atoms with van der Waals surface area (Å²) in [5, 5.41) is 0. The van der Waals surface area contributed by atoms with Gasteiger partial charge >= 0.3 is 6.09 Å². The van der Waals surface area contributed by atoms with Crippen molar-refractivity contribution in [3.05, 3.63) is 120 Å². The molecule has 0 aromatic heterocycles. The third kappa shape index (κ3) is 11.1. The highest BCUT2D eigenvalue weighted by Crippen LogP contribution is 2.36. The number of allylic oxidation sites excluding steroid dienone is 1. The van der Waals surface area contributed by atoms with Crippen LogP contribution in [0.3, 0.4) is 0 Å². The standard InChI is InChI=1S/C41H53NO5/c1-2-3-4-5-6-7-8-9-19-26-37-27-36-28-39(45-30-34-22-15-11-16-23-34)40(46-31-35-24-17-12-18-25-35)38(42(36)41(43)47-37)32-44-29-33-20-13-10-14-21-33/h9-25,36-40H,2-8,26-32H2,1H3/b19-9+/t36-,37-,38+,39-,40-/m1/s1. The largest absolute Gasteiger partial charge is 0.446 e. The normalized spacial score (nSPS) is 22.7. The molecule has 2 fully saturated rings. The molecule has 6 nitrogen and oxygen atoms in total. The highest BCUT2D eigenvalue weighted by atomic mass is 16.6. The van der Waals surface area contributed by atoms with Gasteiger partial charge in [0.15, 0.2) is 0 Å². The molecule has 2 heterocycles. The molecule has 0 saturated carbocycles. The van der Waals surface area contributed by atoms with Gasteiger partial charge in [0.1, 0.15) is 12.2 Å². The fourth-order valence-corrected chi connectivity index (χ4v) is 6.77. The van der Waals surface area contributed by atoms with Gasteiger partial charge in [0.05, 0.1) is 38.6 Å². The number of cyclic esters (lactones) is 1. The van der Waals surface area contributed by atoms with E-state index in [4.69, 9.17) is 18.9 Å². The van der Waals surface area contributed by atoms with Gasteiger partial charge < -0.3 is 18.9 Å². The van der Waals surface area contributed by atoms with E-state index in [-0.39, 0.29) is 36.5 Å². The molecule has 47 heavy (non-hydrogen) atoms. The monoisotopic (exact) mass is 639 g/mol. The van der Waals surface area contributed by atoms with Crippen LogP contribution in [0.5, 0.6) is 0 Å². The second-order valence-corrected chi connectivity index (χ2v) is 13.0. The molecule has 6 heteroatoms. The first-order valence-corrected chi connectivity index (χ1v) is 17.8. The van der Waals surface area contributed by atoms with Crippen molar-refractivity contribution in [2.45, 2.75) is 121 Å². The Morgan fingerprint density at radius 3 is 1.98 bits per heavy atom. The molecule has 3 aromatic rings. The van der Waals surface area contributed by atoms with Crippen molar-refractivity contribution >= 4 is 6.09 Å². The number of carbonyl (C=O) groups is 1. The van der Waals surface area contributed by atoms with Crippen LogP contribution < -0.4 is 0 Å². The molecule has 252 valence electrons. The maximum atomic E-state index is 13.8. The van der Waals surface area contributed by atoms with Crippen molar-refractivity contribution in [2.75, 3.05) is 6.61 Å². The van der Waals surface area contributed by atoms with Gasteiger partial charge in [-0.25, -0.2) is 4.79 Å². The summed E-state index contributed by atoms with van der Waals surface area (Å²) in [6.07, 6.45) is 14.5. The molecule has 2 aliphatic rings. The second kappa shape index (κ2) is 19.4. The van der Waals surface area contributed by atoms with Crippen molar-refractivity contribution in [3.8, 4) is 0 Å². The van der Waals surface area contributed by atoms with Crippen LogP contribution >= 0.6 is 0 Å². The van der Waals surface area contributed by atoms with Gasteiger partial charge in [-0.3, -0.25) is 4.90 Å². The molecule has 0 N–H and O–H groups in total. The van der Waals surface area contributed by atoms with Gasteiger partial charge in [0.25, 0.3) is 0 Å². The van der Waals surface area contributed by atoms with E-state index in [9.17, 15) is 4.79 Å². The zero-order chi connectivity index (χ0) is 32.5. The lowest BCUT2D eigenvalue weighted by Crippen LogP contribution is -2.66. The van der Waals surface area contributed by atoms with Crippen molar-refractivity contribution in [1.82, 2.24) is 4.90 Å². The van der Waals surface area contributed by atoms with Gasteiger partial charge in [-0.2, -0.15) is 0 Å². The minimum Gasteiger partial charge on any atom is -0.446 e. The Balaban J connectivity index is 1.28. The highest BCUT2D eigenvalue weighted by molar-refractivity contribution is 5.70. The van der Waals surface area contributed by atoms with Crippen LogP contribution in [-0.2, 0) is 38.8 Å². The molecule has 0 aliphatic carbocycles. The van der Waals surface area contributed by atoms with Crippen LogP contribution in [-0.4, -0.2) is 48.0 Å². The molecule has 0 bridgehead atoms. The van der Waals surface area contributed by atoms with Crippen LogP contribution in [0.25, 0.3) is 0 Å². The average Bonchev–Trinajstić information content (AvgIpc) is 3.10. The molecule has 5 atom stereocenters. The second-order valence-electron chi connectivity index (χ2n) is 13.0. The van der Waals surface area contributed by atoms with Crippen molar-refractivity contribution in [2.24, 2.45) is 0 Å². The lowest BCUT2D eigenvalue weighted by molar-refractivity contribution is -0.177. The fraction of sp³-hybridized carbons (Fsp3) is 0.488. The summed E-state index contributed by atoms with van der Waals surface area (Å²) in [6.45, 7) is 3.94. The molecule has 5 rings (SSSR count). The van der Waals surface area contributed by atoms with Crippen molar-refractivity contribution in [1.29, 1.82) is 0 Å². The van der Waals surface area contributed by atoms with Gasteiger partial charge in [0.2, 0.25) is 0 Å². The Morgan fingerprint density at radius 1 is 0.723 bits per heavy atom. The number of unbranched alkanes of at least 4 members (excludes halogenated alkanes) is 6. The van der Waals surface area contributed by atoms with E-state index in [0.29, 0.717) is 32.8 Å². The minimum atomic E-state index is -0.382. The Hall–Kier alpha value is -3.45. The molecule has 0 radical (unpaired) electrons. The molecule has 3 aromatic carbocycles. The minimum absolute atomic E-state index is 0.0177. The third-order valence-electron chi connectivity index (χ3n) is 9.30. The van der Waals surface area contributed by atoms with Crippen LogP contribution in [0, 0.1) is 0 Å². The number of benzene rings is 3. The molecule has 2 saturated heterocycles. The van der Waals surface area contributed by atoms with E-state index >= 15 is 0 Å². The lowest BCUT2D eigenvalue weighted by atomic mass is 9.86. The summed E-state index contributed by atoms with van der Waals surface area (Å²) in [5.41, 5.74) is 3.28. The quantitative estimate of drug-likeness (QED) is 0.0966. The summed E-state index contributed by atoms with van der Waals surface area (Å²) in [5.74, 6) is 0. The topological polar surface area (TPSA) is 57.2 Å². The Kier molecular flexibility index (Phi) is 14.4. The number of rotatable bonds is 19. The zero-order valence-corrected chi connectivity index (χ0v) is 28.1. The number of carbonyl (C=O) groups excluding carboxylic acids is 1. The van der Waals surface area contributed by atoms with Crippen LogP contribution in [0.2, 0.25) is 0 Å². The number of hydrogen-bond donors (Lipinski definition) is 0. The molecule has 0 spiro atoms. The lowest BCUT2D eigenvalue weighted by Gasteiger charge is -2.51.